The van der Waals surface area contributed by atoms with Crippen molar-refractivity contribution in [1.82, 2.24) is 0 Å². The summed E-state index contributed by atoms with van der Waals surface area (Å²) in [5.74, 6) is 1.66. The van der Waals surface area contributed by atoms with Gasteiger partial charge in [0.2, 0.25) is 0 Å². The minimum atomic E-state index is 0.646. The summed E-state index contributed by atoms with van der Waals surface area (Å²) in [6, 6.07) is 8.62. The molecule has 1 aromatic carbocycles. The summed E-state index contributed by atoms with van der Waals surface area (Å²) in [5.41, 5.74) is 1.41. The highest BCUT2D eigenvalue weighted by Crippen LogP contribution is 2.21. The zero-order valence-corrected chi connectivity index (χ0v) is 13.0. The quantitative estimate of drug-likeness (QED) is 0.474. The van der Waals surface area contributed by atoms with Crippen LogP contribution in [0.1, 0.15) is 77.2 Å². The maximum atomic E-state index is 5.78. The predicted molar refractivity (Wildman–Crippen MR) is 84.0 cm³/mol. The van der Waals surface area contributed by atoms with E-state index in [1.807, 2.05) is 0 Å². The van der Waals surface area contributed by atoms with Gasteiger partial charge in [-0.3, -0.25) is 0 Å². The number of hydrogen-bond donors (Lipinski definition) is 0. The highest BCUT2D eigenvalue weighted by molar-refractivity contribution is 5.29. The van der Waals surface area contributed by atoms with Gasteiger partial charge in [-0.25, -0.2) is 0 Å². The second kappa shape index (κ2) is 9.89. The van der Waals surface area contributed by atoms with Crippen molar-refractivity contribution in [2.45, 2.75) is 71.6 Å². The zero-order chi connectivity index (χ0) is 13.9. The fourth-order valence-electron chi connectivity index (χ4n) is 2.20. The second-order valence-electron chi connectivity index (χ2n) is 5.49. The molecule has 0 radical (unpaired) electrons. The number of unbranched alkanes of at least 4 members (excludes halogenated alkanes) is 5. The summed E-state index contributed by atoms with van der Waals surface area (Å²) in [6.45, 7) is 7.61. The van der Waals surface area contributed by atoms with Gasteiger partial charge in [-0.1, -0.05) is 65.0 Å². The van der Waals surface area contributed by atoms with E-state index in [9.17, 15) is 0 Å². The molecule has 0 amide bonds. The van der Waals surface area contributed by atoms with Crippen molar-refractivity contribution in [3.05, 3.63) is 29.8 Å². The maximum absolute atomic E-state index is 5.78. The standard InChI is InChI=1S/C18H30O/c1-4-6-7-8-9-10-15-19-18-13-11-17(12-14-18)16(3)5-2/h11-14,16H,4-10,15H2,1-3H3/t16-/m0/s1. The molecule has 19 heavy (non-hydrogen) atoms. The van der Waals surface area contributed by atoms with Crippen LogP contribution >= 0.6 is 0 Å². The molecule has 1 nitrogen and oxygen atoms in total. The van der Waals surface area contributed by atoms with Gasteiger partial charge in [0.1, 0.15) is 5.75 Å². The molecule has 1 heteroatoms. The molecule has 1 rings (SSSR count). The van der Waals surface area contributed by atoms with Crippen molar-refractivity contribution in [3.63, 3.8) is 0 Å². The lowest BCUT2D eigenvalue weighted by Crippen LogP contribution is -1.98. The Hall–Kier alpha value is -0.980. The van der Waals surface area contributed by atoms with Crippen molar-refractivity contribution >= 4 is 0 Å². The molecular weight excluding hydrogens is 232 g/mol. The minimum absolute atomic E-state index is 0.646. The Bertz CT molecular complexity index is 315. The molecule has 108 valence electrons. The van der Waals surface area contributed by atoms with Gasteiger partial charge in [-0.2, -0.15) is 0 Å². The summed E-state index contributed by atoms with van der Waals surface area (Å²) in [6.07, 6.45) is 9.08. The third-order valence-electron chi connectivity index (χ3n) is 3.83. The lowest BCUT2D eigenvalue weighted by molar-refractivity contribution is 0.304. The van der Waals surface area contributed by atoms with Crippen LogP contribution in [0.5, 0.6) is 5.75 Å². The van der Waals surface area contributed by atoms with Crippen molar-refractivity contribution in [2.75, 3.05) is 6.61 Å². The Labute approximate surface area is 119 Å². The van der Waals surface area contributed by atoms with Crippen LogP contribution in [-0.2, 0) is 0 Å². The van der Waals surface area contributed by atoms with Crippen LogP contribution in [0, 0.1) is 0 Å². The molecule has 1 atom stereocenters. The Morgan fingerprint density at radius 1 is 0.895 bits per heavy atom. The molecule has 0 heterocycles. The predicted octanol–water partition coefficient (Wildman–Crippen LogP) is 5.94. The van der Waals surface area contributed by atoms with E-state index in [1.54, 1.807) is 0 Å². The third-order valence-corrected chi connectivity index (χ3v) is 3.83. The fourth-order valence-corrected chi connectivity index (χ4v) is 2.20. The number of hydrogen-bond acceptors (Lipinski definition) is 1. The summed E-state index contributed by atoms with van der Waals surface area (Å²) < 4.78 is 5.78. The third kappa shape index (κ3) is 6.66. The number of benzene rings is 1. The van der Waals surface area contributed by atoms with Crippen LogP contribution in [0.15, 0.2) is 24.3 Å². The largest absolute Gasteiger partial charge is 0.494 e. The van der Waals surface area contributed by atoms with Crippen LogP contribution in [-0.4, -0.2) is 6.61 Å². The first-order valence-corrected chi connectivity index (χ1v) is 8.00. The number of ether oxygens (including phenoxy) is 1. The molecule has 1 aromatic rings. The first-order valence-electron chi connectivity index (χ1n) is 8.00. The van der Waals surface area contributed by atoms with E-state index in [0.29, 0.717) is 5.92 Å². The van der Waals surface area contributed by atoms with E-state index in [4.69, 9.17) is 4.74 Å². The number of rotatable bonds is 10. The SMILES string of the molecule is CCCCCCCCOc1ccc([C@@H](C)CC)cc1. The minimum Gasteiger partial charge on any atom is -0.494 e. The summed E-state index contributed by atoms with van der Waals surface area (Å²) >= 11 is 0. The molecule has 0 saturated heterocycles. The molecule has 0 bridgehead atoms. The topological polar surface area (TPSA) is 9.23 Å². The average molecular weight is 262 g/mol. The van der Waals surface area contributed by atoms with Crippen LogP contribution in [0.25, 0.3) is 0 Å². The smallest absolute Gasteiger partial charge is 0.119 e. The van der Waals surface area contributed by atoms with E-state index < -0.39 is 0 Å². The van der Waals surface area contributed by atoms with Gasteiger partial charge in [-0.15, -0.1) is 0 Å². The van der Waals surface area contributed by atoms with E-state index in [2.05, 4.69) is 45.0 Å². The molecule has 0 fully saturated rings. The van der Waals surface area contributed by atoms with Crippen LogP contribution < -0.4 is 4.74 Å². The lowest BCUT2D eigenvalue weighted by atomic mass is 9.99. The molecule has 0 N–H and O–H groups in total. The lowest BCUT2D eigenvalue weighted by Gasteiger charge is -2.10. The Morgan fingerprint density at radius 3 is 2.16 bits per heavy atom. The van der Waals surface area contributed by atoms with Gasteiger partial charge < -0.3 is 4.74 Å². The van der Waals surface area contributed by atoms with Gasteiger partial charge in [0.05, 0.1) is 6.61 Å². The van der Waals surface area contributed by atoms with Gasteiger partial charge in [0.25, 0.3) is 0 Å². The normalized spacial score (nSPS) is 12.4. The molecule has 0 saturated carbocycles. The Balaban J connectivity index is 2.16. The van der Waals surface area contributed by atoms with Gasteiger partial charge in [0, 0.05) is 0 Å². The van der Waals surface area contributed by atoms with Crippen LogP contribution in [0.4, 0.5) is 0 Å². The molecule has 0 aliphatic rings. The molecule has 0 aliphatic carbocycles. The first-order chi connectivity index (χ1) is 9.27. The highest BCUT2D eigenvalue weighted by atomic mass is 16.5. The summed E-state index contributed by atoms with van der Waals surface area (Å²) in [5, 5.41) is 0. The molecule has 0 spiro atoms. The summed E-state index contributed by atoms with van der Waals surface area (Å²) in [7, 11) is 0. The highest BCUT2D eigenvalue weighted by Gasteiger charge is 2.02. The molecule has 0 aromatic heterocycles. The summed E-state index contributed by atoms with van der Waals surface area (Å²) in [4.78, 5) is 0. The molecule has 0 unspecified atom stereocenters. The van der Waals surface area contributed by atoms with Crippen LogP contribution in [0.3, 0.4) is 0 Å². The average Bonchev–Trinajstić information content (AvgIpc) is 2.46. The van der Waals surface area contributed by atoms with Gasteiger partial charge >= 0.3 is 0 Å². The Morgan fingerprint density at radius 2 is 1.53 bits per heavy atom. The zero-order valence-electron chi connectivity index (χ0n) is 13.0. The first kappa shape index (κ1) is 16.1. The van der Waals surface area contributed by atoms with Crippen molar-refractivity contribution in [3.8, 4) is 5.75 Å². The Kier molecular flexibility index (Phi) is 8.36. The van der Waals surface area contributed by atoms with Crippen LogP contribution in [0.2, 0.25) is 0 Å². The van der Waals surface area contributed by atoms with Gasteiger partial charge in [0.15, 0.2) is 0 Å². The molecule has 0 aliphatic heterocycles. The van der Waals surface area contributed by atoms with Gasteiger partial charge in [-0.05, 0) is 36.5 Å². The monoisotopic (exact) mass is 262 g/mol. The van der Waals surface area contributed by atoms with E-state index in [1.165, 1.54) is 50.5 Å². The van der Waals surface area contributed by atoms with Crippen molar-refractivity contribution in [2.24, 2.45) is 0 Å². The van der Waals surface area contributed by atoms with Crippen molar-refractivity contribution < 1.29 is 4.74 Å². The van der Waals surface area contributed by atoms with E-state index >= 15 is 0 Å². The fraction of sp³-hybridized carbons (Fsp3) is 0.667. The maximum Gasteiger partial charge on any atom is 0.119 e. The van der Waals surface area contributed by atoms with E-state index in [0.717, 1.165) is 12.4 Å². The second-order valence-corrected chi connectivity index (χ2v) is 5.49. The van der Waals surface area contributed by atoms with E-state index in [-0.39, 0.29) is 0 Å². The molecular formula is C18H30O. The van der Waals surface area contributed by atoms with Crippen molar-refractivity contribution in [1.29, 1.82) is 0 Å².